The lowest BCUT2D eigenvalue weighted by Gasteiger charge is -2.06. The van der Waals surface area contributed by atoms with E-state index in [-0.39, 0.29) is 0 Å². The van der Waals surface area contributed by atoms with E-state index < -0.39 is 0 Å². The SMILES string of the molecule is c1ccc(OCCCNCCc2ncon2)cc1. The van der Waals surface area contributed by atoms with Crippen molar-refractivity contribution < 1.29 is 9.26 Å². The Balaban J connectivity index is 1.47. The van der Waals surface area contributed by atoms with Crippen molar-refractivity contribution in [3.63, 3.8) is 0 Å². The average molecular weight is 247 g/mol. The maximum Gasteiger partial charge on any atom is 0.213 e. The molecule has 0 aliphatic rings. The van der Waals surface area contributed by atoms with E-state index in [1.54, 1.807) is 0 Å². The molecule has 96 valence electrons. The van der Waals surface area contributed by atoms with Crippen molar-refractivity contribution in [1.82, 2.24) is 15.5 Å². The summed E-state index contributed by atoms with van der Waals surface area (Å²) in [5, 5.41) is 7.05. The maximum atomic E-state index is 5.58. The van der Waals surface area contributed by atoms with Gasteiger partial charge in [0.2, 0.25) is 6.39 Å². The number of nitrogens with one attached hydrogen (secondary N) is 1. The number of para-hydroxylation sites is 1. The fourth-order valence-electron chi connectivity index (χ4n) is 1.53. The molecule has 5 nitrogen and oxygen atoms in total. The first-order chi connectivity index (χ1) is 8.95. The van der Waals surface area contributed by atoms with E-state index in [1.165, 1.54) is 6.39 Å². The molecule has 0 fully saturated rings. The summed E-state index contributed by atoms with van der Waals surface area (Å²) >= 11 is 0. The number of rotatable bonds is 8. The molecule has 1 heterocycles. The van der Waals surface area contributed by atoms with Crippen molar-refractivity contribution in [3.05, 3.63) is 42.5 Å². The third kappa shape index (κ3) is 4.55. The summed E-state index contributed by atoms with van der Waals surface area (Å²) in [6, 6.07) is 9.84. The molecule has 0 aliphatic carbocycles. The van der Waals surface area contributed by atoms with Crippen molar-refractivity contribution in [2.75, 3.05) is 19.7 Å². The third-order valence-corrected chi connectivity index (χ3v) is 2.44. The van der Waals surface area contributed by atoms with E-state index in [0.29, 0.717) is 0 Å². The lowest BCUT2D eigenvalue weighted by atomic mass is 10.3. The number of aromatic nitrogens is 2. The summed E-state index contributed by atoms with van der Waals surface area (Å²) in [5.41, 5.74) is 0. The van der Waals surface area contributed by atoms with Crippen molar-refractivity contribution in [1.29, 1.82) is 0 Å². The van der Waals surface area contributed by atoms with Gasteiger partial charge in [-0.1, -0.05) is 23.4 Å². The second-order valence-electron chi connectivity index (χ2n) is 3.86. The lowest BCUT2D eigenvalue weighted by Crippen LogP contribution is -2.20. The van der Waals surface area contributed by atoms with Crippen LogP contribution in [-0.4, -0.2) is 29.8 Å². The summed E-state index contributed by atoms with van der Waals surface area (Å²) in [7, 11) is 0. The maximum absolute atomic E-state index is 5.58. The molecule has 0 atom stereocenters. The Morgan fingerprint density at radius 1 is 1.17 bits per heavy atom. The molecular weight excluding hydrogens is 230 g/mol. The Labute approximate surface area is 106 Å². The van der Waals surface area contributed by atoms with Crippen molar-refractivity contribution in [2.45, 2.75) is 12.8 Å². The van der Waals surface area contributed by atoms with Crippen LogP contribution >= 0.6 is 0 Å². The van der Waals surface area contributed by atoms with E-state index in [9.17, 15) is 0 Å². The van der Waals surface area contributed by atoms with Gasteiger partial charge in [-0.25, -0.2) is 0 Å². The number of hydrogen-bond acceptors (Lipinski definition) is 5. The van der Waals surface area contributed by atoms with Crippen LogP contribution < -0.4 is 10.1 Å². The molecule has 0 saturated heterocycles. The third-order valence-electron chi connectivity index (χ3n) is 2.44. The van der Waals surface area contributed by atoms with Crippen LogP contribution in [-0.2, 0) is 6.42 Å². The highest BCUT2D eigenvalue weighted by molar-refractivity contribution is 5.20. The fraction of sp³-hybridized carbons (Fsp3) is 0.385. The second kappa shape index (κ2) is 7.45. The first-order valence-electron chi connectivity index (χ1n) is 6.09. The van der Waals surface area contributed by atoms with Gasteiger partial charge in [0.1, 0.15) is 5.75 Å². The van der Waals surface area contributed by atoms with Gasteiger partial charge in [0.05, 0.1) is 6.61 Å². The quantitative estimate of drug-likeness (QED) is 0.719. The Bertz CT molecular complexity index is 417. The minimum Gasteiger partial charge on any atom is -0.494 e. The molecule has 5 heteroatoms. The predicted molar refractivity (Wildman–Crippen MR) is 67.4 cm³/mol. The van der Waals surface area contributed by atoms with Crippen molar-refractivity contribution in [3.8, 4) is 5.75 Å². The molecule has 0 unspecified atom stereocenters. The van der Waals surface area contributed by atoms with E-state index >= 15 is 0 Å². The van der Waals surface area contributed by atoms with Gasteiger partial charge < -0.3 is 14.6 Å². The average Bonchev–Trinajstić information content (AvgIpc) is 2.92. The van der Waals surface area contributed by atoms with Crippen LogP contribution in [0.2, 0.25) is 0 Å². The first-order valence-corrected chi connectivity index (χ1v) is 6.09. The number of benzene rings is 1. The van der Waals surface area contributed by atoms with Gasteiger partial charge >= 0.3 is 0 Å². The van der Waals surface area contributed by atoms with Gasteiger partial charge in [0, 0.05) is 13.0 Å². The molecule has 0 saturated carbocycles. The minimum atomic E-state index is 0.721. The Hall–Kier alpha value is -1.88. The Morgan fingerprint density at radius 3 is 2.83 bits per heavy atom. The summed E-state index contributed by atoms with van der Waals surface area (Å²) < 4.78 is 10.2. The molecule has 2 aromatic rings. The van der Waals surface area contributed by atoms with E-state index in [0.717, 1.165) is 44.1 Å². The molecular formula is C13H17N3O2. The minimum absolute atomic E-state index is 0.721. The topological polar surface area (TPSA) is 60.2 Å². The monoisotopic (exact) mass is 247 g/mol. The fourth-order valence-corrected chi connectivity index (χ4v) is 1.53. The van der Waals surface area contributed by atoms with Crippen molar-refractivity contribution >= 4 is 0 Å². The van der Waals surface area contributed by atoms with Crippen LogP contribution in [0.5, 0.6) is 5.75 Å². The zero-order valence-electron chi connectivity index (χ0n) is 10.2. The highest BCUT2D eigenvalue weighted by Crippen LogP contribution is 2.07. The van der Waals surface area contributed by atoms with Gasteiger partial charge in [-0.05, 0) is 25.1 Å². The van der Waals surface area contributed by atoms with Crippen molar-refractivity contribution in [2.24, 2.45) is 0 Å². The standard InChI is InChI=1S/C13H17N3O2/c1-2-5-12(6-3-1)17-10-4-8-14-9-7-13-15-11-18-16-13/h1-3,5-6,11,14H,4,7-10H2. The summed E-state index contributed by atoms with van der Waals surface area (Å²) in [5.74, 6) is 1.66. The zero-order chi connectivity index (χ0) is 12.5. The summed E-state index contributed by atoms with van der Waals surface area (Å²) in [6.45, 7) is 2.49. The Kier molecular flexibility index (Phi) is 5.20. The highest BCUT2D eigenvalue weighted by atomic mass is 16.5. The predicted octanol–water partition coefficient (Wildman–Crippen LogP) is 1.67. The van der Waals surface area contributed by atoms with Crippen LogP contribution in [0, 0.1) is 0 Å². The molecule has 18 heavy (non-hydrogen) atoms. The van der Waals surface area contributed by atoms with Crippen LogP contribution in [0.4, 0.5) is 0 Å². The molecule has 0 radical (unpaired) electrons. The first kappa shape index (κ1) is 12.6. The Morgan fingerprint density at radius 2 is 2.06 bits per heavy atom. The van der Waals surface area contributed by atoms with Gasteiger partial charge in [-0.2, -0.15) is 4.98 Å². The van der Waals surface area contributed by atoms with Gasteiger partial charge in [0.25, 0.3) is 0 Å². The molecule has 1 aromatic heterocycles. The van der Waals surface area contributed by atoms with Gasteiger partial charge in [0.15, 0.2) is 5.82 Å². The van der Waals surface area contributed by atoms with E-state index in [1.807, 2.05) is 30.3 Å². The largest absolute Gasteiger partial charge is 0.494 e. The zero-order valence-corrected chi connectivity index (χ0v) is 10.2. The van der Waals surface area contributed by atoms with E-state index in [2.05, 4.69) is 20.0 Å². The summed E-state index contributed by atoms with van der Waals surface area (Å²) in [4.78, 5) is 3.95. The normalized spacial score (nSPS) is 10.4. The molecule has 0 spiro atoms. The molecule has 2 rings (SSSR count). The smallest absolute Gasteiger partial charge is 0.213 e. The van der Waals surface area contributed by atoms with Crippen LogP contribution in [0.3, 0.4) is 0 Å². The van der Waals surface area contributed by atoms with Crippen LogP contribution in [0.25, 0.3) is 0 Å². The molecule has 0 bridgehead atoms. The highest BCUT2D eigenvalue weighted by Gasteiger charge is 1.97. The van der Waals surface area contributed by atoms with E-state index in [4.69, 9.17) is 4.74 Å². The molecule has 1 aromatic carbocycles. The van der Waals surface area contributed by atoms with Crippen LogP contribution in [0.1, 0.15) is 12.2 Å². The number of ether oxygens (including phenoxy) is 1. The second-order valence-corrected chi connectivity index (χ2v) is 3.86. The molecule has 0 aliphatic heterocycles. The lowest BCUT2D eigenvalue weighted by molar-refractivity contribution is 0.308. The molecule has 1 N–H and O–H groups in total. The van der Waals surface area contributed by atoms with Gasteiger partial charge in [-0.3, -0.25) is 0 Å². The number of nitrogens with zero attached hydrogens (tertiary/aromatic N) is 2. The summed E-state index contributed by atoms with van der Waals surface area (Å²) in [6.07, 6.45) is 3.11. The van der Waals surface area contributed by atoms with Crippen LogP contribution in [0.15, 0.2) is 41.2 Å². The van der Waals surface area contributed by atoms with Gasteiger partial charge in [-0.15, -0.1) is 0 Å². The number of hydrogen-bond donors (Lipinski definition) is 1. The molecule has 0 amide bonds.